The molecule has 7 heteroatoms. The van der Waals surface area contributed by atoms with Crippen LogP contribution in [0, 0.1) is 6.92 Å². The summed E-state index contributed by atoms with van der Waals surface area (Å²) in [5.74, 6) is 0.423. The molecule has 1 saturated heterocycles. The second-order valence-electron chi connectivity index (χ2n) is 5.60. The van der Waals surface area contributed by atoms with Crippen molar-refractivity contribution in [2.24, 2.45) is 0 Å². The maximum atomic E-state index is 12.7. The number of ether oxygens (including phenoxy) is 1. The first-order valence-electron chi connectivity index (χ1n) is 7.55. The van der Waals surface area contributed by atoms with Gasteiger partial charge in [-0.05, 0) is 31.9 Å². The van der Waals surface area contributed by atoms with Gasteiger partial charge in [0.15, 0.2) is 0 Å². The summed E-state index contributed by atoms with van der Waals surface area (Å²) in [7, 11) is -3.49. The molecule has 0 saturated carbocycles. The summed E-state index contributed by atoms with van der Waals surface area (Å²) in [5.41, 5.74) is 1.03. The van der Waals surface area contributed by atoms with E-state index in [-0.39, 0.29) is 6.10 Å². The second-order valence-corrected chi connectivity index (χ2v) is 7.54. The van der Waals surface area contributed by atoms with E-state index in [9.17, 15) is 8.42 Å². The van der Waals surface area contributed by atoms with Crippen LogP contribution >= 0.6 is 0 Å². The van der Waals surface area contributed by atoms with E-state index in [2.05, 4.69) is 9.97 Å². The molecule has 6 nitrogen and oxygen atoms in total. The Bertz CT molecular complexity index is 748. The Hall–Kier alpha value is -1.99. The number of aromatic nitrogens is 2. The molecule has 1 atom stereocenters. The number of hydrogen-bond donors (Lipinski definition) is 0. The highest BCUT2D eigenvalue weighted by Crippen LogP contribution is 2.23. The third-order valence-electron chi connectivity index (χ3n) is 3.83. The van der Waals surface area contributed by atoms with Crippen LogP contribution in [0.1, 0.15) is 18.4 Å². The lowest BCUT2D eigenvalue weighted by Crippen LogP contribution is -2.44. The number of aryl methyl sites for hydroxylation is 1. The molecule has 0 N–H and O–H groups in total. The van der Waals surface area contributed by atoms with Crippen molar-refractivity contribution in [1.82, 2.24) is 14.3 Å². The molecular formula is C16H19N3O3S. The van der Waals surface area contributed by atoms with Crippen LogP contribution in [0.3, 0.4) is 0 Å². The zero-order chi connectivity index (χ0) is 16.3. The van der Waals surface area contributed by atoms with Gasteiger partial charge < -0.3 is 4.74 Å². The van der Waals surface area contributed by atoms with E-state index in [4.69, 9.17) is 4.74 Å². The van der Waals surface area contributed by atoms with Gasteiger partial charge in [0.1, 0.15) is 6.10 Å². The number of benzene rings is 1. The van der Waals surface area contributed by atoms with Crippen LogP contribution in [0.4, 0.5) is 0 Å². The van der Waals surface area contributed by atoms with E-state index in [0.29, 0.717) is 23.9 Å². The quantitative estimate of drug-likeness (QED) is 0.856. The largest absolute Gasteiger partial charge is 0.472 e. The van der Waals surface area contributed by atoms with Crippen LogP contribution in [0.15, 0.2) is 47.8 Å². The Kier molecular flexibility index (Phi) is 4.58. The van der Waals surface area contributed by atoms with Crippen molar-refractivity contribution in [2.45, 2.75) is 30.8 Å². The Morgan fingerprint density at radius 3 is 2.70 bits per heavy atom. The van der Waals surface area contributed by atoms with Crippen molar-refractivity contribution in [3.8, 4) is 5.88 Å². The van der Waals surface area contributed by atoms with E-state index in [0.717, 1.165) is 18.4 Å². The van der Waals surface area contributed by atoms with E-state index in [1.165, 1.54) is 10.5 Å². The smallest absolute Gasteiger partial charge is 0.243 e. The minimum absolute atomic E-state index is 0.208. The van der Waals surface area contributed by atoms with Crippen molar-refractivity contribution in [2.75, 3.05) is 13.1 Å². The van der Waals surface area contributed by atoms with Gasteiger partial charge in [0.2, 0.25) is 15.9 Å². The molecule has 0 aliphatic carbocycles. The van der Waals surface area contributed by atoms with E-state index >= 15 is 0 Å². The normalized spacial score (nSPS) is 19.4. The summed E-state index contributed by atoms with van der Waals surface area (Å²) in [4.78, 5) is 8.35. The molecule has 23 heavy (non-hydrogen) atoms. The van der Waals surface area contributed by atoms with Gasteiger partial charge in [-0.1, -0.05) is 17.7 Å². The van der Waals surface area contributed by atoms with E-state index in [1.54, 1.807) is 24.5 Å². The highest BCUT2D eigenvalue weighted by Gasteiger charge is 2.31. The first-order valence-corrected chi connectivity index (χ1v) is 8.99. The summed E-state index contributed by atoms with van der Waals surface area (Å²) >= 11 is 0. The molecule has 1 fully saturated rings. The molecule has 3 rings (SSSR count). The van der Waals surface area contributed by atoms with E-state index in [1.807, 2.05) is 19.1 Å². The van der Waals surface area contributed by atoms with Crippen molar-refractivity contribution in [3.05, 3.63) is 48.4 Å². The molecule has 1 aromatic heterocycles. The standard InChI is InChI=1S/C16H19N3O3S/c1-13-4-6-15(7-5-13)23(20,21)19-10-2-3-14(12-19)22-16-11-17-8-9-18-16/h4-9,11,14H,2-3,10,12H2,1H3. The van der Waals surface area contributed by atoms with Crippen molar-refractivity contribution < 1.29 is 13.2 Å². The zero-order valence-corrected chi connectivity index (χ0v) is 13.7. The van der Waals surface area contributed by atoms with Gasteiger partial charge >= 0.3 is 0 Å². The number of rotatable bonds is 4. The topological polar surface area (TPSA) is 72.4 Å². The first kappa shape index (κ1) is 15.9. The molecule has 1 aliphatic heterocycles. The maximum Gasteiger partial charge on any atom is 0.243 e. The fourth-order valence-corrected chi connectivity index (χ4v) is 4.11. The Morgan fingerprint density at radius 1 is 1.22 bits per heavy atom. The summed E-state index contributed by atoms with van der Waals surface area (Å²) in [6.07, 6.45) is 6.02. The van der Waals surface area contributed by atoms with Crippen molar-refractivity contribution in [1.29, 1.82) is 0 Å². The highest BCUT2D eigenvalue weighted by molar-refractivity contribution is 7.89. The van der Waals surface area contributed by atoms with Crippen LogP contribution in [0.25, 0.3) is 0 Å². The summed E-state index contributed by atoms with van der Waals surface area (Å²) < 4.78 is 32.7. The van der Waals surface area contributed by atoms with Crippen LogP contribution in [-0.4, -0.2) is 41.9 Å². The first-order chi connectivity index (χ1) is 11.1. The number of sulfonamides is 1. The van der Waals surface area contributed by atoms with Gasteiger partial charge in [-0.25, -0.2) is 13.4 Å². The van der Waals surface area contributed by atoms with Crippen LogP contribution in [-0.2, 0) is 10.0 Å². The van der Waals surface area contributed by atoms with Gasteiger partial charge in [-0.2, -0.15) is 4.31 Å². The Labute approximate surface area is 136 Å². The Balaban J connectivity index is 1.74. The molecule has 122 valence electrons. The SMILES string of the molecule is Cc1ccc(S(=O)(=O)N2CCCC(Oc3cnccn3)C2)cc1. The fraction of sp³-hybridized carbons (Fsp3) is 0.375. The zero-order valence-electron chi connectivity index (χ0n) is 12.9. The maximum absolute atomic E-state index is 12.7. The van der Waals surface area contributed by atoms with Crippen LogP contribution < -0.4 is 4.74 Å². The van der Waals surface area contributed by atoms with Gasteiger partial charge in [0.25, 0.3) is 0 Å². The van der Waals surface area contributed by atoms with Crippen molar-refractivity contribution in [3.63, 3.8) is 0 Å². The fourth-order valence-electron chi connectivity index (χ4n) is 2.60. The monoisotopic (exact) mass is 333 g/mol. The average Bonchev–Trinajstić information content (AvgIpc) is 2.56. The molecule has 0 bridgehead atoms. The van der Waals surface area contributed by atoms with Gasteiger partial charge in [0, 0.05) is 18.9 Å². The predicted molar refractivity (Wildman–Crippen MR) is 85.6 cm³/mol. The predicted octanol–water partition coefficient (Wildman–Crippen LogP) is 2.02. The molecule has 0 amide bonds. The molecule has 0 radical (unpaired) electrons. The third-order valence-corrected chi connectivity index (χ3v) is 5.71. The number of hydrogen-bond acceptors (Lipinski definition) is 5. The molecule has 2 heterocycles. The van der Waals surface area contributed by atoms with Gasteiger partial charge in [-0.15, -0.1) is 0 Å². The summed E-state index contributed by atoms with van der Waals surface area (Å²) in [6, 6.07) is 6.92. The molecular weight excluding hydrogens is 314 g/mol. The highest BCUT2D eigenvalue weighted by atomic mass is 32.2. The molecule has 1 aliphatic rings. The summed E-state index contributed by atoms with van der Waals surface area (Å²) in [5, 5.41) is 0. The third kappa shape index (κ3) is 3.68. The molecule has 1 aromatic carbocycles. The van der Waals surface area contributed by atoms with Gasteiger partial charge in [0.05, 0.1) is 17.6 Å². The lowest BCUT2D eigenvalue weighted by Gasteiger charge is -2.31. The molecule has 0 spiro atoms. The lowest BCUT2D eigenvalue weighted by molar-refractivity contribution is 0.124. The van der Waals surface area contributed by atoms with E-state index < -0.39 is 10.0 Å². The molecule has 1 unspecified atom stereocenters. The average molecular weight is 333 g/mol. The Morgan fingerprint density at radius 2 is 2.00 bits per heavy atom. The lowest BCUT2D eigenvalue weighted by atomic mass is 10.1. The minimum Gasteiger partial charge on any atom is -0.472 e. The van der Waals surface area contributed by atoms with Gasteiger partial charge in [-0.3, -0.25) is 4.98 Å². The molecule has 2 aromatic rings. The minimum atomic E-state index is -3.49. The number of nitrogens with zero attached hydrogens (tertiary/aromatic N) is 3. The van der Waals surface area contributed by atoms with Crippen LogP contribution in [0.2, 0.25) is 0 Å². The van der Waals surface area contributed by atoms with Crippen LogP contribution in [0.5, 0.6) is 5.88 Å². The number of piperidine rings is 1. The second kappa shape index (κ2) is 6.64. The van der Waals surface area contributed by atoms with Crippen molar-refractivity contribution >= 4 is 10.0 Å². The summed E-state index contributed by atoms with van der Waals surface area (Å²) in [6.45, 7) is 2.77.